The van der Waals surface area contributed by atoms with Gasteiger partial charge in [0, 0.05) is 25.1 Å². The lowest BCUT2D eigenvalue weighted by atomic mass is 10.1. The van der Waals surface area contributed by atoms with Crippen molar-refractivity contribution >= 4 is 17.6 Å². The molecule has 1 saturated heterocycles. The molecule has 1 fully saturated rings. The third-order valence-electron chi connectivity index (χ3n) is 4.02. The maximum Gasteiger partial charge on any atom is 0.248 e. The van der Waals surface area contributed by atoms with Gasteiger partial charge in [-0.25, -0.2) is 0 Å². The van der Waals surface area contributed by atoms with Gasteiger partial charge in [0.1, 0.15) is 11.8 Å². The van der Waals surface area contributed by atoms with E-state index in [-0.39, 0.29) is 11.8 Å². The van der Waals surface area contributed by atoms with Gasteiger partial charge < -0.3 is 15.0 Å². The Bertz CT molecular complexity index is 740. The van der Waals surface area contributed by atoms with Crippen molar-refractivity contribution in [2.45, 2.75) is 18.9 Å². The fourth-order valence-corrected chi connectivity index (χ4v) is 2.71. The van der Waals surface area contributed by atoms with E-state index in [4.69, 9.17) is 4.74 Å². The van der Waals surface area contributed by atoms with Crippen LogP contribution in [0, 0.1) is 0 Å². The molecule has 3 rings (SSSR count). The van der Waals surface area contributed by atoms with Crippen molar-refractivity contribution < 1.29 is 14.3 Å². The van der Waals surface area contributed by atoms with E-state index in [1.165, 1.54) is 4.90 Å². The summed E-state index contributed by atoms with van der Waals surface area (Å²) in [6.07, 6.45) is 0.937. The van der Waals surface area contributed by atoms with Crippen LogP contribution in [0.25, 0.3) is 11.3 Å². The number of H-pyrrole nitrogens is 1. The van der Waals surface area contributed by atoms with Crippen molar-refractivity contribution in [1.29, 1.82) is 0 Å². The van der Waals surface area contributed by atoms with Crippen LogP contribution in [-0.4, -0.2) is 47.1 Å². The zero-order valence-electron chi connectivity index (χ0n) is 13.0. The molecule has 2 N–H and O–H groups in total. The molecule has 1 atom stereocenters. The number of carbonyl (C=O) groups is 2. The molecule has 7 heteroatoms. The zero-order valence-corrected chi connectivity index (χ0v) is 13.0. The van der Waals surface area contributed by atoms with Crippen molar-refractivity contribution in [3.8, 4) is 17.0 Å². The number of benzene rings is 1. The zero-order chi connectivity index (χ0) is 16.4. The number of aromatic nitrogens is 2. The highest BCUT2D eigenvalue weighted by Gasteiger charge is 2.33. The molecule has 2 amide bonds. The average molecular weight is 314 g/mol. The van der Waals surface area contributed by atoms with Gasteiger partial charge in [-0.15, -0.1) is 0 Å². The second-order valence-corrected chi connectivity index (χ2v) is 5.42. The van der Waals surface area contributed by atoms with E-state index >= 15 is 0 Å². The number of hydrogen-bond acceptors (Lipinski definition) is 4. The molecule has 120 valence electrons. The van der Waals surface area contributed by atoms with Crippen molar-refractivity contribution in [3.05, 3.63) is 30.3 Å². The van der Waals surface area contributed by atoms with Crippen molar-refractivity contribution in [3.63, 3.8) is 0 Å². The van der Waals surface area contributed by atoms with E-state index in [1.807, 2.05) is 24.3 Å². The first kappa shape index (κ1) is 15.1. The highest BCUT2D eigenvalue weighted by atomic mass is 16.5. The Morgan fingerprint density at radius 3 is 2.91 bits per heavy atom. The summed E-state index contributed by atoms with van der Waals surface area (Å²) >= 11 is 0. The van der Waals surface area contributed by atoms with Gasteiger partial charge in [0.2, 0.25) is 11.8 Å². The Morgan fingerprint density at radius 2 is 2.22 bits per heavy atom. The molecule has 2 heterocycles. The lowest BCUT2D eigenvalue weighted by molar-refractivity contribution is -0.131. The minimum Gasteiger partial charge on any atom is -0.496 e. The fourth-order valence-electron chi connectivity index (χ4n) is 2.71. The first-order chi connectivity index (χ1) is 11.1. The predicted octanol–water partition coefficient (Wildman–Crippen LogP) is 1.64. The van der Waals surface area contributed by atoms with Gasteiger partial charge in [-0.3, -0.25) is 14.7 Å². The molecule has 2 aromatic rings. The molecule has 0 radical (unpaired) electrons. The van der Waals surface area contributed by atoms with Gasteiger partial charge in [-0.2, -0.15) is 5.10 Å². The smallest absolute Gasteiger partial charge is 0.248 e. The SMILES string of the molecule is COc1ccccc1-c1cc(NC(=O)C2CCC(=O)N2C)n[nH]1. The van der Waals surface area contributed by atoms with E-state index in [2.05, 4.69) is 15.5 Å². The number of aromatic amines is 1. The van der Waals surface area contributed by atoms with Crippen molar-refractivity contribution in [2.75, 3.05) is 19.5 Å². The largest absolute Gasteiger partial charge is 0.496 e. The van der Waals surface area contributed by atoms with Crippen LogP contribution >= 0.6 is 0 Å². The minimum atomic E-state index is -0.436. The van der Waals surface area contributed by atoms with Gasteiger partial charge in [-0.05, 0) is 18.6 Å². The van der Waals surface area contributed by atoms with E-state index in [1.54, 1.807) is 20.2 Å². The Hall–Kier alpha value is -2.83. The lowest BCUT2D eigenvalue weighted by Crippen LogP contribution is -2.38. The van der Waals surface area contributed by atoms with Gasteiger partial charge >= 0.3 is 0 Å². The molecule has 1 aliphatic heterocycles. The second-order valence-electron chi connectivity index (χ2n) is 5.42. The lowest BCUT2D eigenvalue weighted by Gasteiger charge is -2.18. The first-order valence-corrected chi connectivity index (χ1v) is 7.35. The van der Waals surface area contributed by atoms with Crippen LogP contribution in [0.15, 0.2) is 30.3 Å². The Kier molecular flexibility index (Phi) is 4.01. The normalized spacial score (nSPS) is 17.4. The number of nitrogens with one attached hydrogen (secondary N) is 2. The van der Waals surface area contributed by atoms with Crippen LogP contribution in [0.4, 0.5) is 5.82 Å². The van der Waals surface area contributed by atoms with E-state index in [9.17, 15) is 9.59 Å². The summed E-state index contributed by atoms with van der Waals surface area (Å²) < 4.78 is 5.32. The summed E-state index contributed by atoms with van der Waals surface area (Å²) in [5.74, 6) is 0.900. The third kappa shape index (κ3) is 2.90. The number of amides is 2. The number of methoxy groups -OCH3 is 1. The molecule has 1 aromatic carbocycles. The summed E-state index contributed by atoms with van der Waals surface area (Å²) in [5.41, 5.74) is 1.60. The highest BCUT2D eigenvalue weighted by molar-refractivity contribution is 5.98. The van der Waals surface area contributed by atoms with Crippen LogP contribution in [0.2, 0.25) is 0 Å². The maximum atomic E-state index is 12.3. The number of likely N-dealkylation sites (N-methyl/N-ethyl adjacent to an activating group) is 1. The number of nitrogens with zero attached hydrogens (tertiary/aromatic N) is 2. The summed E-state index contributed by atoms with van der Waals surface area (Å²) in [6, 6.07) is 8.85. The number of likely N-dealkylation sites (tertiary alicyclic amines) is 1. The number of rotatable bonds is 4. The summed E-state index contributed by atoms with van der Waals surface area (Å²) in [6.45, 7) is 0. The van der Waals surface area contributed by atoms with E-state index in [0.29, 0.717) is 18.7 Å². The topological polar surface area (TPSA) is 87.3 Å². The van der Waals surface area contributed by atoms with Crippen LogP contribution < -0.4 is 10.1 Å². The molecule has 23 heavy (non-hydrogen) atoms. The first-order valence-electron chi connectivity index (χ1n) is 7.35. The molecular formula is C16H18N4O3. The number of para-hydroxylation sites is 1. The molecule has 0 bridgehead atoms. The fraction of sp³-hybridized carbons (Fsp3) is 0.312. The number of ether oxygens (including phenoxy) is 1. The van der Waals surface area contributed by atoms with Crippen LogP contribution in [-0.2, 0) is 9.59 Å². The second kappa shape index (κ2) is 6.12. The third-order valence-corrected chi connectivity index (χ3v) is 4.02. The Balaban J connectivity index is 1.75. The van der Waals surface area contributed by atoms with Gasteiger partial charge in [0.25, 0.3) is 0 Å². The monoisotopic (exact) mass is 314 g/mol. The molecule has 1 unspecified atom stereocenters. The number of hydrogen-bond donors (Lipinski definition) is 2. The average Bonchev–Trinajstić information content (AvgIpc) is 3.15. The Morgan fingerprint density at radius 1 is 1.43 bits per heavy atom. The van der Waals surface area contributed by atoms with E-state index < -0.39 is 6.04 Å². The predicted molar refractivity (Wildman–Crippen MR) is 85.0 cm³/mol. The van der Waals surface area contributed by atoms with Crippen LogP contribution in [0.1, 0.15) is 12.8 Å². The van der Waals surface area contributed by atoms with Gasteiger partial charge in [0.05, 0.1) is 12.8 Å². The molecular weight excluding hydrogens is 296 g/mol. The molecule has 0 spiro atoms. The van der Waals surface area contributed by atoms with E-state index in [0.717, 1.165) is 17.0 Å². The molecule has 1 aliphatic rings. The molecule has 7 nitrogen and oxygen atoms in total. The summed E-state index contributed by atoms with van der Waals surface area (Å²) in [5, 5.41) is 9.74. The molecule has 0 saturated carbocycles. The number of anilines is 1. The van der Waals surface area contributed by atoms with Crippen molar-refractivity contribution in [2.24, 2.45) is 0 Å². The van der Waals surface area contributed by atoms with Gasteiger partial charge in [0.15, 0.2) is 5.82 Å². The minimum absolute atomic E-state index is 0.0121. The standard InChI is InChI=1S/C16H18N4O3/c1-20-12(7-8-15(20)21)16(22)17-14-9-11(18-19-14)10-5-3-4-6-13(10)23-2/h3-6,9,12H,7-8H2,1-2H3,(H2,17,18,19,22). The highest BCUT2D eigenvalue weighted by Crippen LogP contribution is 2.29. The van der Waals surface area contributed by atoms with Crippen LogP contribution in [0.3, 0.4) is 0 Å². The number of carbonyl (C=O) groups excluding carboxylic acids is 2. The summed E-state index contributed by atoms with van der Waals surface area (Å²) in [4.78, 5) is 25.2. The van der Waals surface area contributed by atoms with Gasteiger partial charge in [-0.1, -0.05) is 12.1 Å². The van der Waals surface area contributed by atoms with Crippen LogP contribution in [0.5, 0.6) is 5.75 Å². The Labute approximate surface area is 133 Å². The van der Waals surface area contributed by atoms with Crippen molar-refractivity contribution in [1.82, 2.24) is 15.1 Å². The summed E-state index contributed by atoms with van der Waals surface area (Å²) in [7, 11) is 3.25. The molecule has 0 aliphatic carbocycles. The maximum absolute atomic E-state index is 12.3. The molecule has 1 aromatic heterocycles. The quantitative estimate of drug-likeness (QED) is 0.898.